The van der Waals surface area contributed by atoms with Gasteiger partial charge in [-0.15, -0.1) is 0 Å². The van der Waals surface area contributed by atoms with E-state index in [1.54, 1.807) is 0 Å². The van der Waals surface area contributed by atoms with Crippen LogP contribution in [0.3, 0.4) is 0 Å². The van der Waals surface area contributed by atoms with Crippen molar-refractivity contribution in [1.29, 1.82) is 0 Å². The summed E-state index contributed by atoms with van der Waals surface area (Å²) in [5, 5.41) is 4.52. The Kier molecular flexibility index (Phi) is 3.53. The van der Waals surface area contributed by atoms with Crippen molar-refractivity contribution in [2.75, 3.05) is 11.5 Å². The van der Waals surface area contributed by atoms with E-state index in [-0.39, 0.29) is 0 Å². The maximum atomic E-state index is 4.52. The fourth-order valence-electron chi connectivity index (χ4n) is 1.96. The van der Waals surface area contributed by atoms with Gasteiger partial charge in [0.2, 0.25) is 0 Å². The standard InChI is InChI=1S/C10H18N2S/c1-2-4-9(3-1)11-12-10-5-7-13-8-6-10/h9,11H,1-8H2. The minimum absolute atomic E-state index is 0.682. The third-order valence-electron chi connectivity index (χ3n) is 2.83. The molecule has 1 aliphatic heterocycles. The Morgan fingerprint density at radius 1 is 1.15 bits per heavy atom. The predicted molar refractivity (Wildman–Crippen MR) is 59.4 cm³/mol. The van der Waals surface area contributed by atoms with Crippen LogP contribution in [0.1, 0.15) is 38.5 Å². The van der Waals surface area contributed by atoms with E-state index in [4.69, 9.17) is 0 Å². The Morgan fingerprint density at radius 2 is 1.85 bits per heavy atom. The maximum absolute atomic E-state index is 4.52. The second kappa shape index (κ2) is 4.89. The molecule has 1 heterocycles. The molecule has 0 aromatic carbocycles. The van der Waals surface area contributed by atoms with E-state index in [0.29, 0.717) is 6.04 Å². The van der Waals surface area contributed by atoms with Crippen LogP contribution < -0.4 is 5.43 Å². The lowest BCUT2D eigenvalue weighted by Crippen LogP contribution is -2.23. The minimum Gasteiger partial charge on any atom is -0.307 e. The Bertz CT molecular complexity index is 177. The molecule has 0 unspecified atom stereocenters. The Morgan fingerprint density at radius 3 is 2.54 bits per heavy atom. The molecular formula is C10H18N2S. The summed E-state index contributed by atoms with van der Waals surface area (Å²) in [7, 11) is 0. The fraction of sp³-hybridized carbons (Fsp3) is 0.900. The summed E-state index contributed by atoms with van der Waals surface area (Å²) in [6.07, 6.45) is 7.82. The first-order valence-electron chi connectivity index (χ1n) is 5.34. The predicted octanol–water partition coefficient (Wildman–Crippen LogP) is 2.40. The van der Waals surface area contributed by atoms with Gasteiger partial charge in [0.15, 0.2) is 0 Å². The number of nitrogens with zero attached hydrogens (tertiary/aromatic N) is 1. The lowest BCUT2D eigenvalue weighted by atomic mass is 10.2. The van der Waals surface area contributed by atoms with Gasteiger partial charge in [-0.1, -0.05) is 12.8 Å². The zero-order valence-electron chi connectivity index (χ0n) is 8.09. The largest absolute Gasteiger partial charge is 0.307 e. The molecule has 0 spiro atoms. The van der Waals surface area contributed by atoms with E-state index in [1.807, 2.05) is 11.8 Å². The zero-order valence-corrected chi connectivity index (χ0v) is 8.91. The van der Waals surface area contributed by atoms with Crippen LogP contribution in [0.4, 0.5) is 0 Å². The highest BCUT2D eigenvalue weighted by Gasteiger charge is 2.14. The summed E-state index contributed by atoms with van der Waals surface area (Å²) in [6, 6.07) is 0.682. The van der Waals surface area contributed by atoms with Crippen LogP contribution in [0.15, 0.2) is 5.10 Å². The van der Waals surface area contributed by atoms with Crippen molar-refractivity contribution in [3.8, 4) is 0 Å². The molecule has 0 radical (unpaired) electrons. The van der Waals surface area contributed by atoms with Gasteiger partial charge in [-0.25, -0.2) is 0 Å². The monoisotopic (exact) mass is 198 g/mol. The minimum atomic E-state index is 0.682. The summed E-state index contributed by atoms with van der Waals surface area (Å²) >= 11 is 2.05. The molecule has 0 amide bonds. The van der Waals surface area contributed by atoms with Gasteiger partial charge in [-0.05, 0) is 37.2 Å². The van der Waals surface area contributed by atoms with Crippen LogP contribution in [0, 0.1) is 0 Å². The van der Waals surface area contributed by atoms with E-state index in [1.165, 1.54) is 55.7 Å². The summed E-state index contributed by atoms with van der Waals surface area (Å²) in [6.45, 7) is 0. The zero-order chi connectivity index (χ0) is 8.93. The summed E-state index contributed by atoms with van der Waals surface area (Å²) < 4.78 is 0. The molecule has 1 N–H and O–H groups in total. The highest BCUT2D eigenvalue weighted by Crippen LogP contribution is 2.18. The molecule has 3 heteroatoms. The first kappa shape index (κ1) is 9.38. The van der Waals surface area contributed by atoms with Gasteiger partial charge >= 0.3 is 0 Å². The number of rotatable bonds is 2. The van der Waals surface area contributed by atoms with Gasteiger partial charge in [0, 0.05) is 11.8 Å². The number of hydrazone groups is 1. The molecule has 0 bridgehead atoms. The Hall–Kier alpha value is -0.180. The highest BCUT2D eigenvalue weighted by atomic mass is 32.2. The average Bonchev–Trinajstić information content (AvgIpc) is 2.69. The fourth-order valence-corrected chi connectivity index (χ4v) is 2.92. The van der Waals surface area contributed by atoms with Crippen LogP contribution in [0.2, 0.25) is 0 Å². The molecule has 1 saturated heterocycles. The van der Waals surface area contributed by atoms with Crippen LogP contribution in [-0.2, 0) is 0 Å². The normalized spacial score (nSPS) is 24.8. The van der Waals surface area contributed by atoms with E-state index in [9.17, 15) is 0 Å². The average molecular weight is 198 g/mol. The summed E-state index contributed by atoms with van der Waals surface area (Å²) in [4.78, 5) is 0. The third kappa shape index (κ3) is 2.90. The van der Waals surface area contributed by atoms with Crippen molar-refractivity contribution in [3.63, 3.8) is 0 Å². The van der Waals surface area contributed by atoms with Crippen molar-refractivity contribution in [1.82, 2.24) is 5.43 Å². The number of hydrogen-bond acceptors (Lipinski definition) is 3. The summed E-state index contributed by atoms with van der Waals surface area (Å²) in [5.74, 6) is 2.54. The smallest absolute Gasteiger partial charge is 0.0440 e. The molecule has 74 valence electrons. The third-order valence-corrected chi connectivity index (χ3v) is 3.82. The molecule has 1 saturated carbocycles. The topological polar surface area (TPSA) is 24.4 Å². The number of hydrogen-bond donors (Lipinski definition) is 1. The molecule has 2 aliphatic rings. The van der Waals surface area contributed by atoms with Crippen LogP contribution in [0.25, 0.3) is 0 Å². The van der Waals surface area contributed by atoms with Crippen LogP contribution in [-0.4, -0.2) is 23.3 Å². The maximum Gasteiger partial charge on any atom is 0.0440 e. The molecule has 2 nitrogen and oxygen atoms in total. The number of nitrogens with one attached hydrogen (secondary N) is 1. The molecule has 0 aromatic rings. The van der Waals surface area contributed by atoms with Crippen molar-refractivity contribution in [2.45, 2.75) is 44.6 Å². The van der Waals surface area contributed by atoms with Crippen LogP contribution in [0.5, 0.6) is 0 Å². The molecule has 2 fully saturated rings. The Labute approximate surface area is 84.6 Å². The lowest BCUT2D eigenvalue weighted by Gasteiger charge is -2.14. The molecular weight excluding hydrogens is 180 g/mol. The molecule has 0 atom stereocenters. The molecule has 1 aliphatic carbocycles. The van der Waals surface area contributed by atoms with E-state index >= 15 is 0 Å². The van der Waals surface area contributed by atoms with E-state index < -0.39 is 0 Å². The molecule has 2 rings (SSSR count). The first-order chi connectivity index (χ1) is 6.45. The van der Waals surface area contributed by atoms with Crippen molar-refractivity contribution >= 4 is 17.5 Å². The van der Waals surface area contributed by atoms with Gasteiger partial charge in [0.1, 0.15) is 0 Å². The lowest BCUT2D eigenvalue weighted by molar-refractivity contribution is 0.545. The quantitative estimate of drug-likeness (QED) is 0.689. The molecule has 0 aromatic heterocycles. The van der Waals surface area contributed by atoms with Gasteiger partial charge in [0.05, 0.1) is 0 Å². The van der Waals surface area contributed by atoms with Crippen LogP contribution >= 0.6 is 11.8 Å². The first-order valence-corrected chi connectivity index (χ1v) is 6.49. The van der Waals surface area contributed by atoms with Crippen molar-refractivity contribution in [2.24, 2.45) is 5.10 Å². The van der Waals surface area contributed by atoms with E-state index in [0.717, 1.165) is 0 Å². The SMILES string of the molecule is C1CCC(NN=C2CCSCC2)C1. The Balaban J connectivity index is 1.74. The van der Waals surface area contributed by atoms with Crippen molar-refractivity contribution < 1.29 is 0 Å². The van der Waals surface area contributed by atoms with Gasteiger partial charge in [-0.2, -0.15) is 16.9 Å². The second-order valence-electron chi connectivity index (χ2n) is 3.90. The van der Waals surface area contributed by atoms with Crippen molar-refractivity contribution in [3.05, 3.63) is 0 Å². The summed E-state index contributed by atoms with van der Waals surface area (Å²) in [5.41, 5.74) is 4.72. The van der Waals surface area contributed by atoms with E-state index in [2.05, 4.69) is 10.5 Å². The number of thioether (sulfide) groups is 1. The second-order valence-corrected chi connectivity index (χ2v) is 5.13. The van der Waals surface area contributed by atoms with Gasteiger partial charge < -0.3 is 5.43 Å². The highest BCUT2D eigenvalue weighted by molar-refractivity contribution is 7.99. The molecule has 13 heavy (non-hydrogen) atoms. The van der Waals surface area contributed by atoms with Gasteiger partial charge in [-0.3, -0.25) is 0 Å². The van der Waals surface area contributed by atoms with Gasteiger partial charge in [0.25, 0.3) is 0 Å².